The zero-order chi connectivity index (χ0) is 15.8. The maximum atomic E-state index is 6.43. The monoisotopic (exact) mass is 294 g/mol. The molecule has 0 bridgehead atoms. The average molecular weight is 294 g/mol. The van der Waals surface area contributed by atoms with Crippen LogP contribution >= 0.6 is 0 Å². The van der Waals surface area contributed by atoms with Crippen molar-refractivity contribution in [2.24, 2.45) is 5.73 Å². The number of hydrogen-bond acceptors (Lipinski definition) is 4. The van der Waals surface area contributed by atoms with E-state index in [0.717, 1.165) is 18.7 Å². The van der Waals surface area contributed by atoms with Crippen molar-refractivity contribution in [2.45, 2.75) is 45.3 Å². The van der Waals surface area contributed by atoms with Gasteiger partial charge in [-0.3, -0.25) is 4.90 Å². The Morgan fingerprint density at radius 3 is 2.48 bits per heavy atom. The van der Waals surface area contributed by atoms with Gasteiger partial charge >= 0.3 is 0 Å². The first kappa shape index (κ1) is 18.0. The van der Waals surface area contributed by atoms with Gasteiger partial charge in [0.15, 0.2) is 0 Å². The van der Waals surface area contributed by atoms with Crippen LogP contribution in [0.15, 0.2) is 24.3 Å². The largest absolute Gasteiger partial charge is 0.497 e. The van der Waals surface area contributed by atoms with Crippen LogP contribution < -0.4 is 10.5 Å². The summed E-state index contributed by atoms with van der Waals surface area (Å²) in [5.41, 5.74) is 7.63. The maximum absolute atomic E-state index is 6.43. The van der Waals surface area contributed by atoms with Crippen LogP contribution in [0.1, 0.15) is 38.8 Å². The summed E-state index contributed by atoms with van der Waals surface area (Å²) in [5.74, 6) is 0.872. The van der Waals surface area contributed by atoms with Gasteiger partial charge in [-0.2, -0.15) is 0 Å². The minimum absolute atomic E-state index is 0.0800. The van der Waals surface area contributed by atoms with E-state index in [4.69, 9.17) is 15.2 Å². The Hall–Kier alpha value is -1.10. The SMILES string of the molecule is CCC(N)C(c1cccc(OC)c1)N(CC)C(C)COC. The van der Waals surface area contributed by atoms with E-state index >= 15 is 0 Å². The van der Waals surface area contributed by atoms with Gasteiger partial charge in [0.05, 0.1) is 19.8 Å². The van der Waals surface area contributed by atoms with Gasteiger partial charge in [-0.15, -0.1) is 0 Å². The van der Waals surface area contributed by atoms with Gasteiger partial charge in [0, 0.05) is 19.2 Å². The van der Waals surface area contributed by atoms with Gasteiger partial charge in [-0.05, 0) is 37.6 Å². The van der Waals surface area contributed by atoms with Crippen LogP contribution in [-0.2, 0) is 4.74 Å². The van der Waals surface area contributed by atoms with Crippen molar-refractivity contribution in [3.8, 4) is 5.75 Å². The van der Waals surface area contributed by atoms with Crippen molar-refractivity contribution >= 4 is 0 Å². The Bertz CT molecular complexity index is 412. The highest BCUT2D eigenvalue weighted by atomic mass is 16.5. The van der Waals surface area contributed by atoms with Crippen molar-refractivity contribution in [1.82, 2.24) is 4.90 Å². The summed E-state index contributed by atoms with van der Waals surface area (Å²) >= 11 is 0. The maximum Gasteiger partial charge on any atom is 0.119 e. The molecule has 3 atom stereocenters. The summed E-state index contributed by atoms with van der Waals surface area (Å²) in [6.07, 6.45) is 0.929. The smallest absolute Gasteiger partial charge is 0.119 e. The fourth-order valence-electron chi connectivity index (χ4n) is 2.85. The number of hydrogen-bond donors (Lipinski definition) is 1. The minimum atomic E-state index is 0.0800. The number of benzene rings is 1. The van der Waals surface area contributed by atoms with Crippen LogP contribution in [0.4, 0.5) is 0 Å². The summed E-state index contributed by atoms with van der Waals surface area (Å²) < 4.78 is 10.7. The van der Waals surface area contributed by atoms with Gasteiger partial charge in [-0.25, -0.2) is 0 Å². The highest BCUT2D eigenvalue weighted by Gasteiger charge is 2.28. The van der Waals surface area contributed by atoms with Crippen LogP contribution in [0.5, 0.6) is 5.75 Å². The molecule has 1 aromatic carbocycles. The van der Waals surface area contributed by atoms with E-state index in [-0.39, 0.29) is 12.1 Å². The molecule has 0 fully saturated rings. The molecule has 21 heavy (non-hydrogen) atoms. The Balaban J connectivity index is 3.13. The molecular formula is C17H30N2O2. The van der Waals surface area contributed by atoms with E-state index < -0.39 is 0 Å². The quantitative estimate of drug-likeness (QED) is 0.761. The van der Waals surface area contributed by atoms with E-state index in [1.54, 1.807) is 14.2 Å². The van der Waals surface area contributed by atoms with Gasteiger partial charge in [-0.1, -0.05) is 26.0 Å². The molecule has 0 aliphatic carbocycles. The van der Waals surface area contributed by atoms with Crippen molar-refractivity contribution < 1.29 is 9.47 Å². The summed E-state index contributed by atoms with van der Waals surface area (Å²) in [6.45, 7) is 8.11. The van der Waals surface area contributed by atoms with Gasteiger partial charge in [0.1, 0.15) is 5.75 Å². The zero-order valence-corrected chi connectivity index (χ0v) is 14.0. The number of methoxy groups -OCH3 is 2. The highest BCUT2D eigenvalue weighted by Crippen LogP contribution is 2.29. The van der Waals surface area contributed by atoms with Gasteiger partial charge in [0.2, 0.25) is 0 Å². The number of likely N-dealkylation sites (N-methyl/N-ethyl adjacent to an activating group) is 1. The van der Waals surface area contributed by atoms with E-state index in [1.807, 2.05) is 12.1 Å². The molecule has 0 saturated carbocycles. The van der Waals surface area contributed by atoms with Gasteiger partial charge in [0.25, 0.3) is 0 Å². The summed E-state index contributed by atoms with van der Waals surface area (Å²) in [4.78, 5) is 2.41. The Morgan fingerprint density at radius 2 is 1.95 bits per heavy atom. The summed E-state index contributed by atoms with van der Waals surface area (Å²) in [5, 5.41) is 0. The molecular weight excluding hydrogens is 264 g/mol. The molecule has 1 aromatic rings. The standard InChI is InChI=1S/C17H30N2O2/c1-6-16(18)17(19(7-2)13(3)12-20-4)14-9-8-10-15(11-14)21-5/h8-11,13,16-17H,6-7,12,18H2,1-5H3. The molecule has 4 heteroatoms. The second kappa shape index (κ2) is 9.03. The number of nitrogens with two attached hydrogens (primary N) is 1. The predicted octanol–water partition coefficient (Wildman–Crippen LogP) is 2.83. The Morgan fingerprint density at radius 1 is 1.24 bits per heavy atom. The normalized spacial score (nSPS) is 15.8. The molecule has 2 N–H and O–H groups in total. The lowest BCUT2D eigenvalue weighted by atomic mass is 9.95. The molecule has 1 rings (SSSR count). The minimum Gasteiger partial charge on any atom is -0.497 e. The van der Waals surface area contributed by atoms with E-state index in [0.29, 0.717) is 12.6 Å². The third-order valence-electron chi connectivity index (χ3n) is 4.01. The molecule has 0 aromatic heterocycles. The molecule has 0 aliphatic rings. The Labute approximate surface area is 129 Å². The molecule has 4 nitrogen and oxygen atoms in total. The summed E-state index contributed by atoms with van der Waals surface area (Å²) in [6, 6.07) is 8.77. The first-order valence-electron chi connectivity index (χ1n) is 7.73. The van der Waals surface area contributed by atoms with Crippen LogP contribution in [0.3, 0.4) is 0 Å². The second-order valence-corrected chi connectivity index (χ2v) is 5.43. The fourth-order valence-corrected chi connectivity index (χ4v) is 2.85. The molecule has 0 spiro atoms. The fraction of sp³-hybridized carbons (Fsp3) is 0.647. The molecule has 0 aliphatic heterocycles. The topological polar surface area (TPSA) is 47.7 Å². The molecule has 0 amide bonds. The number of nitrogens with zero attached hydrogens (tertiary/aromatic N) is 1. The zero-order valence-electron chi connectivity index (χ0n) is 14.0. The van der Waals surface area contributed by atoms with E-state index in [9.17, 15) is 0 Å². The van der Waals surface area contributed by atoms with Crippen LogP contribution in [-0.4, -0.2) is 44.4 Å². The van der Waals surface area contributed by atoms with Crippen LogP contribution in [0, 0.1) is 0 Å². The van der Waals surface area contributed by atoms with Gasteiger partial charge < -0.3 is 15.2 Å². The molecule has 0 radical (unpaired) electrons. The van der Waals surface area contributed by atoms with Crippen LogP contribution in [0.25, 0.3) is 0 Å². The highest BCUT2D eigenvalue weighted by molar-refractivity contribution is 5.31. The van der Waals surface area contributed by atoms with Crippen molar-refractivity contribution in [3.05, 3.63) is 29.8 Å². The lowest BCUT2D eigenvalue weighted by molar-refractivity contribution is 0.0628. The van der Waals surface area contributed by atoms with Crippen molar-refractivity contribution in [2.75, 3.05) is 27.4 Å². The predicted molar refractivity (Wildman–Crippen MR) is 87.7 cm³/mol. The third kappa shape index (κ3) is 4.70. The second-order valence-electron chi connectivity index (χ2n) is 5.43. The number of ether oxygens (including phenoxy) is 2. The first-order chi connectivity index (χ1) is 10.1. The summed E-state index contributed by atoms with van der Waals surface area (Å²) in [7, 11) is 3.43. The molecule has 120 valence electrons. The lowest BCUT2D eigenvalue weighted by Crippen LogP contribution is -2.46. The van der Waals surface area contributed by atoms with Crippen LogP contribution in [0.2, 0.25) is 0 Å². The first-order valence-corrected chi connectivity index (χ1v) is 7.73. The Kier molecular flexibility index (Phi) is 7.72. The lowest BCUT2D eigenvalue weighted by Gasteiger charge is -2.39. The van der Waals surface area contributed by atoms with Crippen molar-refractivity contribution in [3.63, 3.8) is 0 Å². The molecule has 0 heterocycles. The van der Waals surface area contributed by atoms with E-state index in [2.05, 4.69) is 37.8 Å². The average Bonchev–Trinajstić information content (AvgIpc) is 2.51. The third-order valence-corrected chi connectivity index (χ3v) is 4.01. The molecule has 3 unspecified atom stereocenters. The number of rotatable bonds is 9. The van der Waals surface area contributed by atoms with E-state index in [1.165, 1.54) is 5.56 Å². The molecule has 0 saturated heterocycles. The van der Waals surface area contributed by atoms with Crippen molar-refractivity contribution in [1.29, 1.82) is 0 Å².